The number of ether oxygens (including phenoxy) is 1. The molecule has 0 bridgehead atoms. The van der Waals surface area contributed by atoms with Gasteiger partial charge in [-0.1, -0.05) is 23.7 Å². The minimum atomic E-state index is -1.08. The molecule has 0 atom stereocenters. The number of phenolic OH excluding ortho intramolecular Hbond substituents is 1. The van der Waals surface area contributed by atoms with Crippen LogP contribution in [0.5, 0.6) is 11.5 Å². The summed E-state index contributed by atoms with van der Waals surface area (Å²) in [6.07, 6.45) is 1.21. The topological polar surface area (TPSA) is 100 Å². The van der Waals surface area contributed by atoms with Crippen LogP contribution in [0.25, 0.3) is 0 Å². The van der Waals surface area contributed by atoms with Gasteiger partial charge in [0, 0.05) is 0 Å². The second-order valence-electron chi connectivity index (χ2n) is 4.92. The Labute approximate surface area is 153 Å². The van der Waals surface area contributed by atoms with Crippen molar-refractivity contribution in [2.45, 2.75) is 6.92 Å². The lowest BCUT2D eigenvalue weighted by molar-refractivity contribution is -0.136. The summed E-state index contributed by atoms with van der Waals surface area (Å²) in [7, 11) is 0. The van der Waals surface area contributed by atoms with Gasteiger partial charge in [-0.3, -0.25) is 9.59 Å². The van der Waals surface area contributed by atoms with Gasteiger partial charge in [-0.15, -0.1) is 0 Å². The van der Waals surface area contributed by atoms with Crippen LogP contribution in [0.4, 0.5) is 10.1 Å². The van der Waals surface area contributed by atoms with Crippen LogP contribution in [-0.2, 0) is 9.59 Å². The third-order valence-electron chi connectivity index (χ3n) is 3.06. The van der Waals surface area contributed by atoms with Gasteiger partial charge in [0.25, 0.3) is 0 Å². The lowest BCUT2D eigenvalue weighted by atomic mass is 10.2. The number of hydrazone groups is 1. The number of nitrogens with zero attached hydrogens (tertiary/aromatic N) is 1. The molecule has 0 aliphatic carbocycles. The third-order valence-corrected chi connectivity index (χ3v) is 3.35. The first-order valence-electron chi connectivity index (χ1n) is 7.46. The highest BCUT2D eigenvalue weighted by Gasteiger charge is 2.14. The Balaban J connectivity index is 2.00. The number of carbonyl (C=O) groups is 2. The van der Waals surface area contributed by atoms with Gasteiger partial charge in [0.1, 0.15) is 5.82 Å². The fraction of sp³-hybridized carbons (Fsp3) is 0.118. The van der Waals surface area contributed by atoms with Gasteiger partial charge in [-0.05, 0) is 36.8 Å². The van der Waals surface area contributed by atoms with Gasteiger partial charge in [0.05, 0.1) is 23.5 Å². The first kappa shape index (κ1) is 19.2. The maximum Gasteiger partial charge on any atom is 0.329 e. The minimum absolute atomic E-state index is 0.0426. The van der Waals surface area contributed by atoms with Gasteiger partial charge < -0.3 is 15.2 Å². The van der Waals surface area contributed by atoms with Crippen LogP contribution in [0.3, 0.4) is 0 Å². The van der Waals surface area contributed by atoms with E-state index in [0.29, 0.717) is 12.2 Å². The van der Waals surface area contributed by atoms with Crippen molar-refractivity contribution in [2.75, 3.05) is 11.9 Å². The summed E-state index contributed by atoms with van der Waals surface area (Å²) in [5, 5.41) is 15.5. The van der Waals surface area contributed by atoms with Gasteiger partial charge in [-0.2, -0.15) is 5.10 Å². The molecule has 2 aromatic carbocycles. The van der Waals surface area contributed by atoms with Crippen LogP contribution < -0.4 is 15.5 Å². The van der Waals surface area contributed by atoms with Gasteiger partial charge in [0.15, 0.2) is 11.5 Å². The van der Waals surface area contributed by atoms with Crippen molar-refractivity contribution in [2.24, 2.45) is 5.10 Å². The Kier molecular flexibility index (Phi) is 6.51. The molecular formula is C17H15ClFN3O4. The van der Waals surface area contributed by atoms with E-state index in [1.165, 1.54) is 36.5 Å². The number of aromatic hydroxyl groups is 1. The molecule has 0 aliphatic rings. The number of para-hydroxylation sites is 1. The number of amides is 2. The van der Waals surface area contributed by atoms with Crippen LogP contribution in [0.2, 0.25) is 5.02 Å². The molecule has 9 heteroatoms. The van der Waals surface area contributed by atoms with E-state index >= 15 is 0 Å². The second kappa shape index (κ2) is 8.82. The summed E-state index contributed by atoms with van der Waals surface area (Å²) >= 11 is 5.87. The first-order valence-corrected chi connectivity index (χ1v) is 7.84. The summed E-state index contributed by atoms with van der Waals surface area (Å²) in [5.41, 5.74) is 2.31. The first-order chi connectivity index (χ1) is 12.4. The van der Waals surface area contributed by atoms with Gasteiger partial charge >= 0.3 is 11.8 Å². The summed E-state index contributed by atoms with van der Waals surface area (Å²) < 4.78 is 18.7. The monoisotopic (exact) mass is 379 g/mol. The Morgan fingerprint density at radius 3 is 2.73 bits per heavy atom. The summed E-state index contributed by atoms with van der Waals surface area (Å²) in [6, 6.07) is 8.29. The predicted molar refractivity (Wildman–Crippen MR) is 95.1 cm³/mol. The fourth-order valence-corrected chi connectivity index (χ4v) is 2.11. The highest BCUT2D eigenvalue weighted by atomic mass is 35.5. The van der Waals surface area contributed by atoms with Gasteiger partial charge in [0.2, 0.25) is 0 Å². The molecule has 0 spiro atoms. The number of hydrogen-bond donors (Lipinski definition) is 3. The number of carbonyl (C=O) groups excluding carboxylic acids is 2. The predicted octanol–water partition coefficient (Wildman–Crippen LogP) is 2.67. The van der Waals surface area contributed by atoms with E-state index in [9.17, 15) is 19.1 Å². The zero-order chi connectivity index (χ0) is 19.1. The van der Waals surface area contributed by atoms with E-state index in [2.05, 4.69) is 10.4 Å². The molecule has 0 aromatic heterocycles. The highest BCUT2D eigenvalue weighted by molar-refractivity contribution is 6.39. The maximum absolute atomic E-state index is 13.4. The molecule has 0 heterocycles. The summed E-state index contributed by atoms with van der Waals surface area (Å²) in [4.78, 5) is 23.4. The molecule has 0 unspecified atom stereocenters. The number of benzene rings is 2. The molecule has 26 heavy (non-hydrogen) atoms. The Bertz CT molecular complexity index is 858. The molecule has 3 N–H and O–H groups in total. The van der Waals surface area contributed by atoms with Crippen LogP contribution in [0.1, 0.15) is 12.5 Å². The molecule has 0 saturated heterocycles. The standard InChI is InChI=1S/C17H15ClFN3O4/c1-2-26-14-8-10(7-11(18)15(14)23)9-20-22-17(25)16(24)21-13-6-4-3-5-12(13)19/h3-9,23H,2H2,1H3,(H,21,24)(H,22,25)/b20-9-. The minimum Gasteiger partial charge on any atom is -0.503 e. The Hall–Kier alpha value is -3.13. The zero-order valence-electron chi connectivity index (χ0n) is 13.6. The van der Waals surface area contributed by atoms with E-state index in [-0.39, 0.29) is 22.2 Å². The van der Waals surface area contributed by atoms with E-state index in [1.807, 2.05) is 5.43 Å². The number of halogens is 2. The molecule has 0 fully saturated rings. The average molecular weight is 380 g/mol. The normalized spacial score (nSPS) is 10.6. The quantitative estimate of drug-likeness (QED) is 0.422. The number of rotatable bonds is 5. The van der Waals surface area contributed by atoms with E-state index < -0.39 is 17.6 Å². The van der Waals surface area contributed by atoms with Crippen LogP contribution in [0, 0.1) is 5.82 Å². The Morgan fingerprint density at radius 2 is 2.04 bits per heavy atom. The van der Waals surface area contributed by atoms with Crippen LogP contribution in [0.15, 0.2) is 41.5 Å². The van der Waals surface area contributed by atoms with Crippen molar-refractivity contribution in [3.8, 4) is 11.5 Å². The number of phenols is 1. The number of nitrogens with one attached hydrogen (secondary N) is 2. The molecule has 0 radical (unpaired) electrons. The van der Waals surface area contributed by atoms with Crippen molar-refractivity contribution < 1.29 is 23.8 Å². The zero-order valence-corrected chi connectivity index (χ0v) is 14.4. The van der Waals surface area contributed by atoms with Crippen molar-refractivity contribution in [3.63, 3.8) is 0 Å². The number of hydrogen-bond acceptors (Lipinski definition) is 5. The lowest BCUT2D eigenvalue weighted by Crippen LogP contribution is -2.32. The molecule has 0 aliphatic heterocycles. The summed E-state index contributed by atoms with van der Waals surface area (Å²) in [5.74, 6) is -2.88. The molecule has 2 rings (SSSR count). The van der Waals surface area contributed by atoms with Crippen LogP contribution in [-0.4, -0.2) is 29.7 Å². The van der Waals surface area contributed by atoms with Crippen molar-refractivity contribution >= 4 is 35.3 Å². The molecule has 2 aromatic rings. The van der Waals surface area contributed by atoms with Crippen molar-refractivity contribution in [1.82, 2.24) is 5.43 Å². The average Bonchev–Trinajstić information content (AvgIpc) is 2.61. The molecule has 0 saturated carbocycles. The van der Waals surface area contributed by atoms with E-state index in [1.54, 1.807) is 6.92 Å². The number of anilines is 1. The van der Waals surface area contributed by atoms with Gasteiger partial charge in [-0.25, -0.2) is 9.82 Å². The molecular weight excluding hydrogens is 365 g/mol. The van der Waals surface area contributed by atoms with Crippen molar-refractivity contribution in [3.05, 3.63) is 52.8 Å². The lowest BCUT2D eigenvalue weighted by Gasteiger charge is -2.08. The largest absolute Gasteiger partial charge is 0.503 e. The molecule has 2 amide bonds. The third kappa shape index (κ3) is 4.93. The van der Waals surface area contributed by atoms with Crippen molar-refractivity contribution in [1.29, 1.82) is 0 Å². The summed E-state index contributed by atoms with van der Waals surface area (Å²) in [6.45, 7) is 2.06. The highest BCUT2D eigenvalue weighted by Crippen LogP contribution is 2.34. The molecule has 7 nitrogen and oxygen atoms in total. The maximum atomic E-state index is 13.4. The smallest absolute Gasteiger partial charge is 0.329 e. The Morgan fingerprint density at radius 1 is 1.31 bits per heavy atom. The van der Waals surface area contributed by atoms with E-state index in [4.69, 9.17) is 16.3 Å². The SMILES string of the molecule is CCOc1cc(/C=N\NC(=O)C(=O)Nc2ccccc2F)cc(Cl)c1O. The van der Waals surface area contributed by atoms with E-state index in [0.717, 1.165) is 6.07 Å². The second-order valence-corrected chi connectivity index (χ2v) is 5.32. The fourth-order valence-electron chi connectivity index (χ4n) is 1.89. The molecule has 136 valence electrons. The van der Waals surface area contributed by atoms with Crippen LogP contribution >= 0.6 is 11.6 Å².